The summed E-state index contributed by atoms with van der Waals surface area (Å²) in [6.07, 6.45) is 4.50. The van der Waals surface area contributed by atoms with Crippen LogP contribution in [0.15, 0.2) is 18.2 Å². The number of nitrogens with zero attached hydrogens (tertiary/aromatic N) is 1. The summed E-state index contributed by atoms with van der Waals surface area (Å²) in [5.74, 6) is 0.108. The third-order valence-corrected chi connectivity index (χ3v) is 4.34. The van der Waals surface area contributed by atoms with E-state index in [1.807, 2.05) is 24.0 Å². The lowest BCUT2D eigenvalue weighted by Gasteiger charge is -2.26. The van der Waals surface area contributed by atoms with Gasteiger partial charge in [-0.2, -0.15) is 0 Å². The summed E-state index contributed by atoms with van der Waals surface area (Å²) < 4.78 is 0. The molecule has 0 bridgehead atoms. The Bertz CT molecular complexity index is 484. The van der Waals surface area contributed by atoms with Gasteiger partial charge in [0.2, 0.25) is 0 Å². The standard InChI is InChI=1S/C17H25ClN2O/c1-3-4-10-20(12-15-6-5-9-19-15)17(21)16-11-14(18)8-7-13(16)2/h7-8,11,15,19H,3-6,9-10,12H2,1-2H3. The number of halogens is 1. The Morgan fingerprint density at radius 1 is 1.48 bits per heavy atom. The molecular weight excluding hydrogens is 284 g/mol. The Kier molecular flexibility index (Phi) is 6.07. The number of aryl methyl sites for hydroxylation is 1. The van der Waals surface area contributed by atoms with E-state index in [-0.39, 0.29) is 5.91 Å². The molecule has 1 N–H and O–H groups in total. The molecule has 1 aliphatic rings. The average Bonchev–Trinajstić information content (AvgIpc) is 2.98. The average molecular weight is 309 g/mol. The Morgan fingerprint density at radius 3 is 2.95 bits per heavy atom. The van der Waals surface area contributed by atoms with E-state index in [2.05, 4.69) is 12.2 Å². The van der Waals surface area contributed by atoms with Crippen LogP contribution in [0.3, 0.4) is 0 Å². The Balaban J connectivity index is 2.13. The Hall–Kier alpha value is -1.06. The van der Waals surface area contributed by atoms with E-state index < -0.39 is 0 Å². The third kappa shape index (κ3) is 4.45. The lowest BCUT2D eigenvalue weighted by Crippen LogP contribution is -2.41. The predicted octanol–water partition coefficient (Wildman–Crippen LogP) is 3.64. The molecule has 1 heterocycles. The zero-order valence-electron chi connectivity index (χ0n) is 13.0. The van der Waals surface area contributed by atoms with Crippen LogP contribution in [0.2, 0.25) is 5.02 Å². The molecule has 3 nitrogen and oxygen atoms in total. The maximum Gasteiger partial charge on any atom is 0.254 e. The predicted molar refractivity (Wildman–Crippen MR) is 88.0 cm³/mol. The van der Waals surface area contributed by atoms with Gasteiger partial charge in [0.05, 0.1) is 0 Å². The van der Waals surface area contributed by atoms with E-state index in [0.717, 1.165) is 50.0 Å². The van der Waals surface area contributed by atoms with Crippen LogP contribution < -0.4 is 5.32 Å². The fourth-order valence-electron chi connectivity index (χ4n) is 2.80. The number of carbonyl (C=O) groups excluding carboxylic acids is 1. The number of rotatable bonds is 6. The van der Waals surface area contributed by atoms with Crippen molar-refractivity contribution in [3.8, 4) is 0 Å². The number of hydrogen-bond donors (Lipinski definition) is 1. The molecule has 4 heteroatoms. The minimum atomic E-state index is 0.108. The van der Waals surface area contributed by atoms with Gasteiger partial charge in [0.15, 0.2) is 0 Å². The normalized spacial score (nSPS) is 18.0. The Morgan fingerprint density at radius 2 is 2.29 bits per heavy atom. The summed E-state index contributed by atoms with van der Waals surface area (Å²) in [5.41, 5.74) is 1.72. The number of nitrogens with one attached hydrogen (secondary N) is 1. The van der Waals surface area contributed by atoms with Gasteiger partial charge in [-0.1, -0.05) is 31.0 Å². The van der Waals surface area contributed by atoms with Gasteiger partial charge in [-0.05, 0) is 50.4 Å². The van der Waals surface area contributed by atoms with Crippen LogP contribution in [0.25, 0.3) is 0 Å². The second-order valence-corrected chi connectivity index (χ2v) is 6.29. The van der Waals surface area contributed by atoms with Crippen molar-refractivity contribution in [1.82, 2.24) is 10.2 Å². The fourth-order valence-corrected chi connectivity index (χ4v) is 2.97. The largest absolute Gasteiger partial charge is 0.337 e. The first-order valence-corrected chi connectivity index (χ1v) is 8.28. The Labute approximate surface area is 132 Å². The highest BCUT2D eigenvalue weighted by molar-refractivity contribution is 6.31. The van der Waals surface area contributed by atoms with Gasteiger partial charge in [0.1, 0.15) is 0 Å². The number of amides is 1. The maximum atomic E-state index is 12.9. The maximum absolute atomic E-state index is 12.9. The molecule has 1 aromatic carbocycles. The SMILES string of the molecule is CCCCN(CC1CCCN1)C(=O)c1cc(Cl)ccc1C. The summed E-state index contributed by atoms with van der Waals surface area (Å²) in [6.45, 7) is 6.80. The molecule has 1 aromatic rings. The second-order valence-electron chi connectivity index (χ2n) is 5.86. The van der Waals surface area contributed by atoms with Crippen LogP contribution in [-0.4, -0.2) is 36.5 Å². The van der Waals surface area contributed by atoms with Crippen LogP contribution in [0.4, 0.5) is 0 Å². The van der Waals surface area contributed by atoms with Gasteiger partial charge in [-0.3, -0.25) is 4.79 Å². The van der Waals surface area contributed by atoms with E-state index in [0.29, 0.717) is 11.1 Å². The summed E-state index contributed by atoms with van der Waals surface area (Å²) >= 11 is 6.06. The van der Waals surface area contributed by atoms with Crippen molar-refractivity contribution in [2.45, 2.75) is 45.6 Å². The highest BCUT2D eigenvalue weighted by Gasteiger charge is 2.23. The molecule has 1 amide bonds. The van der Waals surface area contributed by atoms with Gasteiger partial charge in [0, 0.05) is 29.7 Å². The molecule has 116 valence electrons. The number of benzene rings is 1. The van der Waals surface area contributed by atoms with Gasteiger partial charge in [-0.25, -0.2) is 0 Å². The van der Waals surface area contributed by atoms with Crippen molar-refractivity contribution < 1.29 is 4.79 Å². The second kappa shape index (κ2) is 7.81. The minimum Gasteiger partial charge on any atom is -0.337 e. The molecule has 2 rings (SSSR count). The molecule has 1 aliphatic heterocycles. The molecule has 21 heavy (non-hydrogen) atoms. The van der Waals surface area contributed by atoms with E-state index in [1.54, 1.807) is 6.07 Å². The highest BCUT2D eigenvalue weighted by atomic mass is 35.5. The van der Waals surface area contributed by atoms with Crippen molar-refractivity contribution in [2.75, 3.05) is 19.6 Å². The number of hydrogen-bond acceptors (Lipinski definition) is 2. The lowest BCUT2D eigenvalue weighted by molar-refractivity contribution is 0.0738. The van der Waals surface area contributed by atoms with Crippen molar-refractivity contribution in [3.63, 3.8) is 0 Å². The fraction of sp³-hybridized carbons (Fsp3) is 0.588. The molecule has 1 unspecified atom stereocenters. The molecule has 0 saturated carbocycles. The van der Waals surface area contributed by atoms with E-state index in [4.69, 9.17) is 11.6 Å². The first-order chi connectivity index (χ1) is 10.1. The summed E-state index contributed by atoms with van der Waals surface area (Å²) in [5, 5.41) is 4.10. The van der Waals surface area contributed by atoms with Crippen molar-refractivity contribution in [3.05, 3.63) is 34.3 Å². The van der Waals surface area contributed by atoms with Gasteiger partial charge < -0.3 is 10.2 Å². The molecule has 1 saturated heterocycles. The third-order valence-electron chi connectivity index (χ3n) is 4.10. The zero-order valence-corrected chi connectivity index (χ0v) is 13.7. The van der Waals surface area contributed by atoms with Crippen LogP contribution in [0.5, 0.6) is 0 Å². The van der Waals surface area contributed by atoms with Crippen LogP contribution >= 0.6 is 11.6 Å². The minimum absolute atomic E-state index is 0.108. The monoisotopic (exact) mass is 308 g/mol. The molecule has 1 atom stereocenters. The molecular formula is C17H25ClN2O. The zero-order chi connectivity index (χ0) is 15.2. The van der Waals surface area contributed by atoms with Gasteiger partial charge in [-0.15, -0.1) is 0 Å². The molecule has 0 spiro atoms. The first kappa shape index (κ1) is 16.3. The van der Waals surface area contributed by atoms with E-state index in [9.17, 15) is 4.79 Å². The van der Waals surface area contributed by atoms with E-state index >= 15 is 0 Å². The van der Waals surface area contributed by atoms with Gasteiger partial charge >= 0.3 is 0 Å². The highest BCUT2D eigenvalue weighted by Crippen LogP contribution is 2.18. The van der Waals surface area contributed by atoms with Crippen molar-refractivity contribution in [1.29, 1.82) is 0 Å². The lowest BCUT2D eigenvalue weighted by atomic mass is 10.1. The first-order valence-electron chi connectivity index (χ1n) is 7.90. The molecule has 0 aliphatic carbocycles. The topological polar surface area (TPSA) is 32.3 Å². The van der Waals surface area contributed by atoms with Crippen LogP contribution in [0, 0.1) is 6.92 Å². The molecule has 0 aromatic heterocycles. The number of carbonyl (C=O) groups is 1. The van der Waals surface area contributed by atoms with Crippen molar-refractivity contribution >= 4 is 17.5 Å². The summed E-state index contributed by atoms with van der Waals surface area (Å²) in [6, 6.07) is 5.98. The van der Waals surface area contributed by atoms with Crippen molar-refractivity contribution in [2.24, 2.45) is 0 Å². The van der Waals surface area contributed by atoms with Gasteiger partial charge in [0.25, 0.3) is 5.91 Å². The molecule has 1 fully saturated rings. The smallest absolute Gasteiger partial charge is 0.254 e. The van der Waals surface area contributed by atoms with Crippen LogP contribution in [-0.2, 0) is 0 Å². The number of unbranched alkanes of at least 4 members (excludes halogenated alkanes) is 1. The summed E-state index contributed by atoms with van der Waals surface area (Å²) in [4.78, 5) is 14.8. The van der Waals surface area contributed by atoms with Crippen LogP contribution in [0.1, 0.15) is 48.5 Å². The van der Waals surface area contributed by atoms with E-state index in [1.165, 1.54) is 6.42 Å². The summed E-state index contributed by atoms with van der Waals surface area (Å²) in [7, 11) is 0. The molecule has 0 radical (unpaired) electrons. The quantitative estimate of drug-likeness (QED) is 0.870.